The molecular formula is C18H26N4O. The molecule has 5 rings (SSSR count). The summed E-state index contributed by atoms with van der Waals surface area (Å²) in [5, 5.41) is 0. The van der Waals surface area contributed by atoms with Crippen molar-refractivity contribution in [1.29, 1.82) is 0 Å². The Balaban J connectivity index is 1.42. The highest BCUT2D eigenvalue weighted by atomic mass is 16.5. The first-order chi connectivity index (χ1) is 11.3. The summed E-state index contributed by atoms with van der Waals surface area (Å²) >= 11 is 0. The second kappa shape index (κ2) is 5.33. The number of hydrogen-bond donors (Lipinski definition) is 0. The van der Waals surface area contributed by atoms with Crippen LogP contribution in [0.2, 0.25) is 0 Å². The van der Waals surface area contributed by atoms with Crippen LogP contribution in [0.1, 0.15) is 38.3 Å². The normalized spacial score (nSPS) is 35.3. The van der Waals surface area contributed by atoms with Crippen molar-refractivity contribution in [3.63, 3.8) is 0 Å². The topological polar surface area (TPSA) is 41.5 Å². The first-order valence-corrected chi connectivity index (χ1v) is 9.35. The quantitative estimate of drug-likeness (QED) is 0.856. The monoisotopic (exact) mass is 314 g/mol. The number of nitrogens with zero attached hydrogens (tertiary/aromatic N) is 4. The SMILES string of the molecule is CCc1cc(N2C[C@@H]3[C@H](C2)[C@H]2CC[C@@H]3O2)nc(N2CCCC2)n1. The van der Waals surface area contributed by atoms with E-state index in [0.717, 1.165) is 56.2 Å². The minimum atomic E-state index is 0.514. The van der Waals surface area contributed by atoms with E-state index in [1.807, 2.05) is 0 Å². The molecule has 0 amide bonds. The third-order valence-corrected chi connectivity index (χ3v) is 6.28. The number of fused-ring (bicyclic) bond motifs is 5. The maximum Gasteiger partial charge on any atom is 0.227 e. The Kier molecular flexibility index (Phi) is 3.25. The summed E-state index contributed by atoms with van der Waals surface area (Å²) in [6.45, 7) is 6.63. The number of aryl methyl sites for hydroxylation is 1. The molecule has 4 saturated heterocycles. The Labute approximate surface area is 138 Å². The summed E-state index contributed by atoms with van der Waals surface area (Å²) in [6, 6.07) is 2.21. The zero-order valence-electron chi connectivity index (χ0n) is 13.9. The van der Waals surface area contributed by atoms with Crippen molar-refractivity contribution in [3.8, 4) is 0 Å². The van der Waals surface area contributed by atoms with Gasteiger partial charge in [-0.25, -0.2) is 4.98 Å². The lowest BCUT2D eigenvalue weighted by Gasteiger charge is -2.23. The standard InChI is InChI=1S/C18H26N4O/c1-2-12-9-17(20-18(19-12)21-7-3-4-8-21)22-10-13-14(11-22)16-6-5-15(13)23-16/h9,13-16H,2-8,10-11H2,1H3/t13-,14+,15+,16-. The van der Waals surface area contributed by atoms with Crippen molar-refractivity contribution in [2.75, 3.05) is 36.0 Å². The number of ether oxygens (including phenoxy) is 1. The molecule has 5 heteroatoms. The van der Waals surface area contributed by atoms with Gasteiger partial charge in [-0.15, -0.1) is 0 Å². The third kappa shape index (κ3) is 2.24. The highest BCUT2D eigenvalue weighted by molar-refractivity contribution is 5.48. The lowest BCUT2D eigenvalue weighted by Crippen LogP contribution is -2.27. The number of hydrogen-bond acceptors (Lipinski definition) is 5. The van der Waals surface area contributed by atoms with Gasteiger partial charge in [0.15, 0.2) is 0 Å². The summed E-state index contributed by atoms with van der Waals surface area (Å²) in [5.41, 5.74) is 1.17. The molecule has 4 atom stereocenters. The lowest BCUT2D eigenvalue weighted by molar-refractivity contribution is 0.0849. The van der Waals surface area contributed by atoms with E-state index in [1.54, 1.807) is 0 Å². The Morgan fingerprint density at radius 3 is 2.39 bits per heavy atom. The van der Waals surface area contributed by atoms with Gasteiger partial charge in [0.25, 0.3) is 0 Å². The van der Waals surface area contributed by atoms with Crippen LogP contribution in [0.25, 0.3) is 0 Å². The van der Waals surface area contributed by atoms with Gasteiger partial charge in [0.2, 0.25) is 5.95 Å². The molecular weight excluding hydrogens is 288 g/mol. The number of aromatic nitrogens is 2. The highest BCUT2D eigenvalue weighted by Crippen LogP contribution is 2.47. The average molecular weight is 314 g/mol. The third-order valence-electron chi connectivity index (χ3n) is 6.28. The molecule has 4 aliphatic rings. The number of rotatable bonds is 3. The van der Waals surface area contributed by atoms with Gasteiger partial charge in [-0.1, -0.05) is 6.92 Å². The largest absolute Gasteiger partial charge is 0.374 e. The van der Waals surface area contributed by atoms with E-state index in [2.05, 4.69) is 22.8 Å². The van der Waals surface area contributed by atoms with Crippen molar-refractivity contribution in [2.24, 2.45) is 11.8 Å². The minimum absolute atomic E-state index is 0.514. The van der Waals surface area contributed by atoms with E-state index in [-0.39, 0.29) is 0 Å². The summed E-state index contributed by atoms with van der Waals surface area (Å²) in [6.07, 6.45) is 7.07. The minimum Gasteiger partial charge on any atom is -0.374 e. The van der Waals surface area contributed by atoms with Gasteiger partial charge in [0.05, 0.1) is 12.2 Å². The van der Waals surface area contributed by atoms with E-state index < -0.39 is 0 Å². The Hall–Kier alpha value is -1.36. The van der Waals surface area contributed by atoms with Gasteiger partial charge < -0.3 is 14.5 Å². The van der Waals surface area contributed by atoms with Crippen LogP contribution in [0, 0.1) is 11.8 Å². The van der Waals surface area contributed by atoms with Crippen LogP contribution in [-0.2, 0) is 11.2 Å². The van der Waals surface area contributed by atoms with Crippen LogP contribution in [0.4, 0.5) is 11.8 Å². The van der Waals surface area contributed by atoms with Gasteiger partial charge in [-0.05, 0) is 32.1 Å². The molecule has 4 fully saturated rings. The number of anilines is 2. The van der Waals surface area contributed by atoms with Crippen LogP contribution in [0.3, 0.4) is 0 Å². The highest BCUT2D eigenvalue weighted by Gasteiger charge is 2.53. The molecule has 0 N–H and O–H groups in total. The van der Waals surface area contributed by atoms with Crippen molar-refractivity contribution in [2.45, 2.75) is 51.2 Å². The van der Waals surface area contributed by atoms with Crippen LogP contribution in [0.15, 0.2) is 6.07 Å². The van der Waals surface area contributed by atoms with Crippen molar-refractivity contribution < 1.29 is 4.74 Å². The lowest BCUT2D eigenvalue weighted by atomic mass is 9.82. The fourth-order valence-electron chi connectivity index (χ4n) is 5.02. The fourth-order valence-corrected chi connectivity index (χ4v) is 5.02. The summed E-state index contributed by atoms with van der Waals surface area (Å²) < 4.78 is 6.11. The summed E-state index contributed by atoms with van der Waals surface area (Å²) in [7, 11) is 0. The molecule has 0 radical (unpaired) electrons. The molecule has 4 aliphatic heterocycles. The molecule has 5 nitrogen and oxygen atoms in total. The van der Waals surface area contributed by atoms with E-state index in [0.29, 0.717) is 12.2 Å². The van der Waals surface area contributed by atoms with Crippen molar-refractivity contribution >= 4 is 11.8 Å². The van der Waals surface area contributed by atoms with E-state index in [4.69, 9.17) is 14.7 Å². The smallest absolute Gasteiger partial charge is 0.227 e. The first-order valence-electron chi connectivity index (χ1n) is 9.35. The van der Waals surface area contributed by atoms with Gasteiger partial charge in [-0.3, -0.25) is 0 Å². The molecule has 23 heavy (non-hydrogen) atoms. The Bertz CT molecular complexity index is 583. The van der Waals surface area contributed by atoms with E-state index in [9.17, 15) is 0 Å². The van der Waals surface area contributed by atoms with E-state index in [1.165, 1.54) is 31.4 Å². The second-order valence-electron chi connectivity index (χ2n) is 7.59. The molecule has 0 saturated carbocycles. The Morgan fingerprint density at radius 1 is 1.04 bits per heavy atom. The van der Waals surface area contributed by atoms with Crippen molar-refractivity contribution in [1.82, 2.24) is 9.97 Å². The van der Waals surface area contributed by atoms with Gasteiger partial charge in [0.1, 0.15) is 5.82 Å². The molecule has 2 bridgehead atoms. The van der Waals surface area contributed by atoms with Crippen molar-refractivity contribution in [3.05, 3.63) is 11.8 Å². The molecule has 5 heterocycles. The fraction of sp³-hybridized carbons (Fsp3) is 0.778. The van der Waals surface area contributed by atoms with Crippen LogP contribution in [-0.4, -0.2) is 48.4 Å². The molecule has 1 aromatic rings. The van der Waals surface area contributed by atoms with Crippen LogP contribution in [0.5, 0.6) is 0 Å². The molecule has 0 spiro atoms. The predicted molar refractivity (Wildman–Crippen MR) is 89.9 cm³/mol. The van der Waals surface area contributed by atoms with Crippen LogP contribution >= 0.6 is 0 Å². The zero-order chi connectivity index (χ0) is 15.4. The summed E-state index contributed by atoms with van der Waals surface area (Å²) in [5.74, 6) is 3.55. The average Bonchev–Trinajstić information content (AvgIpc) is 3.36. The van der Waals surface area contributed by atoms with E-state index >= 15 is 0 Å². The Morgan fingerprint density at radius 2 is 1.74 bits per heavy atom. The second-order valence-corrected chi connectivity index (χ2v) is 7.59. The maximum absolute atomic E-state index is 6.11. The first kappa shape index (κ1) is 14.0. The zero-order valence-corrected chi connectivity index (χ0v) is 13.9. The molecule has 0 aliphatic carbocycles. The molecule has 0 unspecified atom stereocenters. The summed E-state index contributed by atoms with van der Waals surface area (Å²) in [4.78, 5) is 14.6. The van der Waals surface area contributed by atoms with Gasteiger partial charge in [0, 0.05) is 49.8 Å². The van der Waals surface area contributed by atoms with Gasteiger partial charge >= 0.3 is 0 Å². The van der Waals surface area contributed by atoms with Gasteiger partial charge in [-0.2, -0.15) is 4.98 Å². The molecule has 1 aromatic heterocycles. The molecule has 0 aromatic carbocycles. The predicted octanol–water partition coefficient (Wildman–Crippen LogP) is 2.25. The molecule has 124 valence electrons. The van der Waals surface area contributed by atoms with Crippen LogP contribution < -0.4 is 9.80 Å². The maximum atomic E-state index is 6.11.